The molecule has 0 saturated carbocycles. The van der Waals surface area contributed by atoms with Gasteiger partial charge >= 0.3 is 6.01 Å². The van der Waals surface area contributed by atoms with Crippen LogP contribution >= 0.6 is 0 Å². The molecule has 0 atom stereocenters. The molecule has 134 valence electrons. The minimum absolute atomic E-state index is 0.0994. The van der Waals surface area contributed by atoms with Crippen molar-refractivity contribution in [2.45, 2.75) is 0 Å². The molecule has 10 nitrogen and oxygen atoms in total. The molecule has 4 aromatic rings. The monoisotopic (exact) mass is 364 g/mol. The molecule has 0 fully saturated rings. The smallest absolute Gasteiger partial charge is 0.366 e. The molecule has 0 saturated heterocycles. The van der Waals surface area contributed by atoms with Crippen molar-refractivity contribution in [3.8, 4) is 23.1 Å². The number of carbonyl (C=O) groups excluding carboxylic acids is 1. The van der Waals surface area contributed by atoms with Crippen molar-refractivity contribution < 1.29 is 19.5 Å². The summed E-state index contributed by atoms with van der Waals surface area (Å²) in [4.78, 5) is 20.2. The van der Waals surface area contributed by atoms with Crippen molar-refractivity contribution in [1.29, 1.82) is 0 Å². The van der Waals surface area contributed by atoms with Crippen molar-refractivity contribution in [3.63, 3.8) is 0 Å². The van der Waals surface area contributed by atoms with E-state index in [9.17, 15) is 15.0 Å². The fourth-order valence-corrected chi connectivity index (χ4v) is 2.54. The lowest BCUT2D eigenvalue weighted by Gasteiger charge is -1.95. The molecule has 1 amide bonds. The van der Waals surface area contributed by atoms with Crippen LogP contribution in [-0.4, -0.2) is 35.8 Å². The van der Waals surface area contributed by atoms with Crippen LogP contribution in [0.5, 0.6) is 11.8 Å². The van der Waals surface area contributed by atoms with E-state index in [0.717, 1.165) is 0 Å². The van der Waals surface area contributed by atoms with Gasteiger partial charge in [-0.25, -0.2) is 0 Å². The van der Waals surface area contributed by atoms with E-state index in [1.807, 2.05) is 0 Å². The Bertz CT molecular complexity index is 1180. The molecule has 3 aromatic heterocycles. The zero-order valence-corrected chi connectivity index (χ0v) is 13.9. The SMILES string of the molecule is Cn1c(O)c2ccc(C(=O)N=Nc3nc(-c4ccncc4)no3)cc2c1O. The topological polar surface area (TPSA) is 139 Å². The number of hydrogen-bond acceptors (Lipinski definition) is 8. The Morgan fingerprint density at radius 1 is 1.11 bits per heavy atom. The number of nitrogens with zero attached hydrogens (tertiary/aromatic N) is 6. The molecule has 3 heterocycles. The standard InChI is InChI=1S/C17H12N6O4/c1-23-15(25)11-3-2-10(8-12(11)16(23)26)14(24)20-21-17-19-13(22-27-17)9-4-6-18-7-5-9/h2-8,25-26H,1H3. The van der Waals surface area contributed by atoms with E-state index in [-0.39, 0.29) is 23.3 Å². The highest BCUT2D eigenvalue weighted by molar-refractivity contribution is 6.01. The van der Waals surface area contributed by atoms with Gasteiger partial charge in [0.1, 0.15) is 0 Å². The lowest BCUT2D eigenvalue weighted by atomic mass is 10.1. The first kappa shape index (κ1) is 16.4. The quantitative estimate of drug-likeness (QED) is 0.533. The molecule has 2 N–H and O–H groups in total. The highest BCUT2D eigenvalue weighted by atomic mass is 16.5. The van der Waals surface area contributed by atoms with E-state index in [1.54, 1.807) is 24.5 Å². The van der Waals surface area contributed by atoms with Crippen molar-refractivity contribution in [1.82, 2.24) is 19.7 Å². The van der Waals surface area contributed by atoms with E-state index in [4.69, 9.17) is 4.52 Å². The van der Waals surface area contributed by atoms with Gasteiger partial charge in [-0.3, -0.25) is 14.3 Å². The van der Waals surface area contributed by atoms with Gasteiger partial charge in [-0.1, -0.05) is 10.3 Å². The Morgan fingerprint density at radius 3 is 2.63 bits per heavy atom. The fourth-order valence-electron chi connectivity index (χ4n) is 2.54. The van der Waals surface area contributed by atoms with Crippen LogP contribution in [0, 0.1) is 0 Å². The summed E-state index contributed by atoms with van der Waals surface area (Å²) in [6, 6.07) is 7.64. The fraction of sp³-hybridized carbons (Fsp3) is 0.0588. The summed E-state index contributed by atoms with van der Waals surface area (Å²) in [6.45, 7) is 0. The molecule has 0 bridgehead atoms. The maximum Gasteiger partial charge on any atom is 0.366 e. The van der Waals surface area contributed by atoms with Gasteiger partial charge < -0.3 is 14.7 Å². The zero-order valence-electron chi connectivity index (χ0n) is 13.9. The predicted octanol–water partition coefficient (Wildman–Crippen LogP) is 2.96. The number of carbonyl (C=O) groups is 1. The van der Waals surface area contributed by atoms with Crippen LogP contribution in [0.15, 0.2) is 57.5 Å². The second-order valence-corrected chi connectivity index (χ2v) is 5.61. The maximum absolute atomic E-state index is 12.2. The van der Waals surface area contributed by atoms with Crippen LogP contribution in [0.25, 0.3) is 22.2 Å². The van der Waals surface area contributed by atoms with Crippen LogP contribution in [0.1, 0.15) is 10.4 Å². The molecule has 27 heavy (non-hydrogen) atoms. The second kappa shape index (κ2) is 6.33. The molecule has 0 unspecified atom stereocenters. The first-order chi connectivity index (χ1) is 13.0. The summed E-state index contributed by atoms with van der Waals surface area (Å²) in [5.41, 5.74) is 0.868. The Labute approximate surface area is 151 Å². The van der Waals surface area contributed by atoms with Gasteiger partial charge in [0, 0.05) is 41.3 Å². The van der Waals surface area contributed by atoms with Crippen LogP contribution in [0.3, 0.4) is 0 Å². The first-order valence-electron chi connectivity index (χ1n) is 7.75. The van der Waals surface area contributed by atoms with Crippen LogP contribution in [0.2, 0.25) is 0 Å². The molecular weight excluding hydrogens is 352 g/mol. The van der Waals surface area contributed by atoms with Gasteiger partial charge in [0.05, 0.1) is 0 Å². The molecule has 0 aliphatic carbocycles. The molecule has 0 aliphatic heterocycles. The zero-order chi connectivity index (χ0) is 19.0. The Morgan fingerprint density at radius 2 is 1.85 bits per heavy atom. The van der Waals surface area contributed by atoms with Crippen molar-refractivity contribution in [2.75, 3.05) is 0 Å². The van der Waals surface area contributed by atoms with Gasteiger partial charge in [0.2, 0.25) is 17.6 Å². The molecule has 4 rings (SSSR count). The number of aromatic hydroxyl groups is 2. The molecule has 10 heteroatoms. The van der Waals surface area contributed by atoms with Crippen molar-refractivity contribution in [2.24, 2.45) is 17.3 Å². The average Bonchev–Trinajstić information content (AvgIpc) is 3.26. The van der Waals surface area contributed by atoms with Crippen LogP contribution in [0.4, 0.5) is 6.01 Å². The molecule has 0 radical (unpaired) electrons. The predicted molar refractivity (Wildman–Crippen MR) is 92.6 cm³/mol. The largest absolute Gasteiger partial charge is 0.494 e. The Balaban J connectivity index is 1.58. The van der Waals surface area contributed by atoms with Gasteiger partial charge in [-0.05, 0) is 30.3 Å². The third-order valence-corrected chi connectivity index (χ3v) is 3.96. The van der Waals surface area contributed by atoms with E-state index in [1.165, 1.54) is 29.8 Å². The van der Waals surface area contributed by atoms with E-state index >= 15 is 0 Å². The number of azo groups is 1. The minimum Gasteiger partial charge on any atom is -0.494 e. The molecular formula is C17H12N6O4. The van der Waals surface area contributed by atoms with Crippen LogP contribution < -0.4 is 0 Å². The van der Waals surface area contributed by atoms with Crippen molar-refractivity contribution >= 4 is 22.7 Å². The number of benzene rings is 1. The van der Waals surface area contributed by atoms with Crippen LogP contribution in [-0.2, 0) is 7.05 Å². The number of amides is 1. The second-order valence-electron chi connectivity index (χ2n) is 5.61. The van der Waals surface area contributed by atoms with E-state index < -0.39 is 5.91 Å². The molecule has 0 aliphatic rings. The van der Waals surface area contributed by atoms with Gasteiger partial charge in [-0.15, -0.1) is 5.11 Å². The summed E-state index contributed by atoms with van der Waals surface area (Å²) in [6.07, 6.45) is 3.17. The summed E-state index contributed by atoms with van der Waals surface area (Å²) in [7, 11) is 1.50. The summed E-state index contributed by atoms with van der Waals surface area (Å²) in [5.74, 6) is -0.626. The number of aromatic nitrogens is 4. The lowest BCUT2D eigenvalue weighted by molar-refractivity contribution is 0.0994. The van der Waals surface area contributed by atoms with Gasteiger partial charge in [-0.2, -0.15) is 4.98 Å². The highest BCUT2D eigenvalue weighted by Gasteiger charge is 2.16. The van der Waals surface area contributed by atoms with E-state index in [2.05, 4.69) is 25.4 Å². The lowest BCUT2D eigenvalue weighted by Crippen LogP contribution is -1.92. The molecule has 0 spiro atoms. The summed E-state index contributed by atoms with van der Waals surface area (Å²) >= 11 is 0. The third kappa shape index (κ3) is 2.88. The average molecular weight is 364 g/mol. The van der Waals surface area contributed by atoms with Gasteiger partial charge in [0.15, 0.2) is 0 Å². The number of fused-ring (bicyclic) bond motifs is 1. The first-order valence-corrected chi connectivity index (χ1v) is 7.75. The normalized spacial score (nSPS) is 11.4. The highest BCUT2D eigenvalue weighted by Crippen LogP contribution is 2.35. The minimum atomic E-state index is -0.664. The maximum atomic E-state index is 12.2. The Kier molecular flexibility index (Phi) is 3.84. The summed E-state index contributed by atoms with van der Waals surface area (Å²) < 4.78 is 6.15. The third-order valence-electron chi connectivity index (χ3n) is 3.96. The number of hydrogen-bond donors (Lipinski definition) is 2. The van der Waals surface area contributed by atoms with Crippen molar-refractivity contribution in [3.05, 3.63) is 48.3 Å². The summed E-state index contributed by atoms with van der Waals surface area (Å²) in [5, 5.41) is 31.6. The number of pyridine rings is 1. The number of rotatable bonds is 3. The Hall–Kier alpha value is -4.08. The van der Waals surface area contributed by atoms with Gasteiger partial charge in [0.25, 0.3) is 5.91 Å². The van der Waals surface area contributed by atoms with E-state index in [0.29, 0.717) is 22.2 Å². The molecule has 1 aromatic carbocycles.